The molecule has 0 aromatic rings. The Bertz CT molecular complexity index is 336. The van der Waals surface area contributed by atoms with Crippen molar-refractivity contribution in [1.29, 1.82) is 0 Å². The van der Waals surface area contributed by atoms with E-state index < -0.39 is 23.4 Å². The summed E-state index contributed by atoms with van der Waals surface area (Å²) in [5.41, 5.74) is -0.439. The first kappa shape index (κ1) is 14.4. The molecule has 0 bridgehead atoms. The van der Waals surface area contributed by atoms with Gasteiger partial charge in [-0.05, 0) is 19.8 Å². The minimum absolute atomic E-state index is 0.0208. The van der Waals surface area contributed by atoms with Gasteiger partial charge < -0.3 is 15.2 Å². The number of nitrogens with one attached hydrogen (secondary N) is 2. The van der Waals surface area contributed by atoms with Gasteiger partial charge in [0.2, 0.25) is 5.91 Å². The Kier molecular flexibility index (Phi) is 5.08. The van der Waals surface area contributed by atoms with Crippen molar-refractivity contribution in [3.8, 4) is 0 Å². The van der Waals surface area contributed by atoms with E-state index in [1.807, 2.05) is 6.92 Å². The van der Waals surface area contributed by atoms with Gasteiger partial charge in [-0.3, -0.25) is 14.9 Å². The number of carboxylic acid groups (broad SMARTS) is 1. The van der Waals surface area contributed by atoms with Crippen LogP contribution in [0.4, 0.5) is 4.79 Å². The summed E-state index contributed by atoms with van der Waals surface area (Å²) in [7, 11) is 0. The van der Waals surface area contributed by atoms with Crippen LogP contribution in [-0.2, 0) is 14.3 Å². The zero-order chi connectivity index (χ0) is 13.6. The predicted molar refractivity (Wildman–Crippen MR) is 62.0 cm³/mol. The van der Waals surface area contributed by atoms with Gasteiger partial charge in [0, 0.05) is 19.4 Å². The highest BCUT2D eigenvalue weighted by molar-refractivity contribution is 5.94. The monoisotopic (exact) mass is 258 g/mol. The Morgan fingerprint density at radius 2 is 2.06 bits per heavy atom. The molecule has 1 heterocycles. The van der Waals surface area contributed by atoms with E-state index in [9.17, 15) is 14.4 Å². The summed E-state index contributed by atoms with van der Waals surface area (Å²) < 4.78 is 5.16. The second kappa shape index (κ2) is 6.34. The Hall–Kier alpha value is -1.63. The first-order valence-electron chi connectivity index (χ1n) is 5.83. The zero-order valence-corrected chi connectivity index (χ0v) is 10.3. The second-order valence-corrected chi connectivity index (χ2v) is 4.61. The van der Waals surface area contributed by atoms with Crippen LogP contribution in [-0.4, -0.2) is 41.8 Å². The fourth-order valence-electron chi connectivity index (χ4n) is 1.66. The molecule has 7 nitrogen and oxygen atoms in total. The molecule has 0 spiro atoms. The van der Waals surface area contributed by atoms with Crippen molar-refractivity contribution in [2.45, 2.75) is 38.1 Å². The lowest BCUT2D eigenvalue weighted by molar-refractivity contribution is -0.137. The summed E-state index contributed by atoms with van der Waals surface area (Å²) in [5, 5.41) is 13.2. The second-order valence-electron chi connectivity index (χ2n) is 4.61. The quantitative estimate of drug-likeness (QED) is 0.655. The summed E-state index contributed by atoms with van der Waals surface area (Å²) in [6.07, 6.45) is 0.857. The first-order chi connectivity index (χ1) is 8.41. The molecule has 18 heavy (non-hydrogen) atoms. The number of carbonyl (C=O) groups excluding carboxylic acids is 2. The van der Waals surface area contributed by atoms with Crippen molar-refractivity contribution in [2.75, 3.05) is 13.2 Å². The van der Waals surface area contributed by atoms with Crippen LogP contribution in [0, 0.1) is 0 Å². The molecule has 1 unspecified atom stereocenters. The van der Waals surface area contributed by atoms with Crippen molar-refractivity contribution >= 4 is 17.9 Å². The maximum absolute atomic E-state index is 11.5. The summed E-state index contributed by atoms with van der Waals surface area (Å²) >= 11 is 0. The molecule has 0 radical (unpaired) electrons. The summed E-state index contributed by atoms with van der Waals surface area (Å²) in [5.74, 6) is -1.43. The van der Waals surface area contributed by atoms with E-state index in [-0.39, 0.29) is 19.3 Å². The lowest BCUT2D eigenvalue weighted by atomic mass is 10.0. The molecular weight excluding hydrogens is 240 g/mol. The number of amides is 3. The number of imide groups is 1. The first-order valence-corrected chi connectivity index (χ1v) is 5.83. The van der Waals surface area contributed by atoms with Crippen molar-refractivity contribution in [3.63, 3.8) is 0 Å². The largest absolute Gasteiger partial charge is 0.481 e. The molecule has 1 fully saturated rings. The molecule has 1 saturated heterocycles. The summed E-state index contributed by atoms with van der Waals surface area (Å²) in [6.45, 7) is 2.85. The third-order valence-electron chi connectivity index (χ3n) is 2.68. The molecule has 102 valence electrons. The van der Waals surface area contributed by atoms with Crippen LogP contribution in [0.5, 0.6) is 0 Å². The van der Waals surface area contributed by atoms with E-state index in [1.54, 1.807) is 0 Å². The van der Waals surface area contributed by atoms with E-state index in [0.29, 0.717) is 19.6 Å². The summed E-state index contributed by atoms with van der Waals surface area (Å²) in [6, 6.07) is -0.566. The molecule has 3 amide bonds. The van der Waals surface area contributed by atoms with Gasteiger partial charge in [0.05, 0.1) is 12.1 Å². The number of hydrogen-bond donors (Lipinski definition) is 3. The van der Waals surface area contributed by atoms with Crippen LogP contribution in [0.2, 0.25) is 0 Å². The van der Waals surface area contributed by atoms with Gasteiger partial charge in [-0.1, -0.05) is 0 Å². The molecule has 0 saturated carbocycles. The topological polar surface area (TPSA) is 105 Å². The lowest BCUT2D eigenvalue weighted by Gasteiger charge is -2.23. The van der Waals surface area contributed by atoms with Gasteiger partial charge in [0.25, 0.3) is 0 Å². The van der Waals surface area contributed by atoms with E-state index in [2.05, 4.69) is 10.6 Å². The van der Waals surface area contributed by atoms with Crippen LogP contribution in [0.3, 0.4) is 0 Å². The maximum atomic E-state index is 11.5. The average molecular weight is 258 g/mol. The fourth-order valence-corrected chi connectivity index (χ4v) is 1.66. The standard InChI is InChI=1S/C11H18N2O5/c1-11(5-6-18-7-11)13-10(17)12-8(14)3-2-4-9(15)16/h2-7H2,1H3,(H,15,16)(H2,12,13,14,17). The molecule has 0 aromatic carbocycles. The molecule has 0 aliphatic carbocycles. The van der Waals surface area contributed by atoms with Crippen molar-refractivity contribution in [1.82, 2.24) is 10.6 Å². The molecule has 1 atom stereocenters. The highest BCUT2D eigenvalue weighted by Gasteiger charge is 2.31. The van der Waals surface area contributed by atoms with E-state index >= 15 is 0 Å². The number of hydrogen-bond acceptors (Lipinski definition) is 4. The average Bonchev–Trinajstić information content (AvgIpc) is 2.63. The van der Waals surface area contributed by atoms with E-state index in [0.717, 1.165) is 0 Å². The van der Waals surface area contributed by atoms with Crippen LogP contribution in [0.1, 0.15) is 32.6 Å². The minimum atomic E-state index is -0.956. The Morgan fingerprint density at radius 1 is 1.33 bits per heavy atom. The fraction of sp³-hybridized carbons (Fsp3) is 0.727. The highest BCUT2D eigenvalue weighted by Crippen LogP contribution is 2.16. The Labute approximate surface area is 105 Å². The smallest absolute Gasteiger partial charge is 0.321 e. The third kappa shape index (κ3) is 5.13. The number of carbonyl (C=O) groups is 3. The van der Waals surface area contributed by atoms with Gasteiger partial charge in [-0.2, -0.15) is 0 Å². The van der Waals surface area contributed by atoms with Crippen molar-refractivity contribution < 1.29 is 24.2 Å². The van der Waals surface area contributed by atoms with Gasteiger partial charge in [0.1, 0.15) is 0 Å². The number of aliphatic carboxylic acids is 1. The molecule has 1 aliphatic heterocycles. The van der Waals surface area contributed by atoms with Crippen LogP contribution in [0.25, 0.3) is 0 Å². The Balaban J connectivity index is 2.23. The van der Waals surface area contributed by atoms with Gasteiger partial charge in [-0.15, -0.1) is 0 Å². The molecule has 1 aliphatic rings. The molecule has 0 aromatic heterocycles. The zero-order valence-electron chi connectivity index (χ0n) is 10.3. The number of urea groups is 1. The van der Waals surface area contributed by atoms with Crippen LogP contribution in [0.15, 0.2) is 0 Å². The number of ether oxygens (including phenoxy) is 1. The number of rotatable bonds is 5. The molecule has 3 N–H and O–H groups in total. The van der Waals surface area contributed by atoms with Crippen LogP contribution < -0.4 is 10.6 Å². The lowest BCUT2D eigenvalue weighted by Crippen LogP contribution is -2.51. The normalized spacial score (nSPS) is 22.5. The van der Waals surface area contributed by atoms with Gasteiger partial charge >= 0.3 is 12.0 Å². The van der Waals surface area contributed by atoms with Gasteiger partial charge in [0.15, 0.2) is 0 Å². The van der Waals surface area contributed by atoms with Crippen molar-refractivity contribution in [2.24, 2.45) is 0 Å². The number of carboxylic acids is 1. The third-order valence-corrected chi connectivity index (χ3v) is 2.68. The molecule has 1 rings (SSSR count). The van der Waals surface area contributed by atoms with Crippen LogP contribution >= 0.6 is 0 Å². The molecule has 7 heteroatoms. The van der Waals surface area contributed by atoms with E-state index in [1.165, 1.54) is 0 Å². The van der Waals surface area contributed by atoms with Crippen molar-refractivity contribution in [3.05, 3.63) is 0 Å². The minimum Gasteiger partial charge on any atom is -0.481 e. The molecular formula is C11H18N2O5. The Morgan fingerprint density at radius 3 is 2.61 bits per heavy atom. The summed E-state index contributed by atoms with van der Waals surface area (Å²) in [4.78, 5) is 33.1. The van der Waals surface area contributed by atoms with Gasteiger partial charge in [-0.25, -0.2) is 4.79 Å². The maximum Gasteiger partial charge on any atom is 0.321 e. The highest BCUT2D eigenvalue weighted by atomic mass is 16.5. The van der Waals surface area contributed by atoms with E-state index in [4.69, 9.17) is 9.84 Å². The predicted octanol–water partition coefficient (Wildman–Crippen LogP) is 0.246. The SMILES string of the molecule is CC1(NC(=O)NC(=O)CCCC(=O)O)CCOC1.